The number of aliphatic hydroxyl groups excluding tert-OH is 1. The van der Waals surface area contributed by atoms with Crippen LogP contribution in [0, 0.1) is 23.2 Å². The Morgan fingerprint density at radius 3 is 1.56 bits per heavy atom. The van der Waals surface area contributed by atoms with Crippen molar-refractivity contribution in [2.75, 3.05) is 6.61 Å². The van der Waals surface area contributed by atoms with Gasteiger partial charge in [-0.15, -0.1) is 0 Å². The second kappa shape index (κ2) is 6.05. The highest BCUT2D eigenvalue weighted by Gasteiger charge is 2.47. The molecule has 0 unspecified atom stereocenters. The molecule has 2 N–H and O–H groups in total. The summed E-state index contributed by atoms with van der Waals surface area (Å²) in [6, 6.07) is 0. The Labute approximate surface area is 112 Å². The lowest BCUT2D eigenvalue weighted by Gasteiger charge is -2.45. The molecule has 0 atom stereocenters. The maximum Gasteiger partial charge on any atom is 0.227 e. The van der Waals surface area contributed by atoms with Crippen molar-refractivity contribution in [3.8, 4) is 0 Å². The van der Waals surface area contributed by atoms with Crippen LogP contribution in [0.25, 0.3) is 0 Å². The summed E-state index contributed by atoms with van der Waals surface area (Å²) in [6.45, 7) is 16.3. The molecule has 1 amide bonds. The Hall–Kier alpha value is -0.570. The molecule has 0 heterocycles. The highest BCUT2D eigenvalue weighted by atomic mass is 16.3. The molecule has 0 rings (SSSR count). The smallest absolute Gasteiger partial charge is 0.227 e. The number of aliphatic hydroxyl groups is 1. The van der Waals surface area contributed by atoms with Crippen LogP contribution < -0.4 is 5.32 Å². The van der Waals surface area contributed by atoms with E-state index in [0.717, 1.165) is 0 Å². The molecule has 0 aromatic heterocycles. The molecular weight excluding hydrogens is 226 g/mol. The van der Waals surface area contributed by atoms with Gasteiger partial charge in [0, 0.05) is 0 Å². The highest BCUT2D eigenvalue weighted by molar-refractivity contribution is 5.84. The average Bonchev–Trinajstić information content (AvgIpc) is 2.15. The maximum absolute atomic E-state index is 12.7. The monoisotopic (exact) mass is 257 g/mol. The van der Waals surface area contributed by atoms with Crippen molar-refractivity contribution in [1.29, 1.82) is 0 Å². The van der Waals surface area contributed by atoms with Crippen molar-refractivity contribution in [3.05, 3.63) is 0 Å². The first-order chi connectivity index (χ1) is 8.02. The van der Waals surface area contributed by atoms with Crippen molar-refractivity contribution < 1.29 is 9.90 Å². The van der Waals surface area contributed by atoms with E-state index in [1.165, 1.54) is 0 Å². The van der Waals surface area contributed by atoms with E-state index >= 15 is 0 Å². The van der Waals surface area contributed by atoms with Crippen LogP contribution >= 0.6 is 0 Å². The third kappa shape index (κ3) is 3.25. The van der Waals surface area contributed by atoms with Crippen LogP contribution in [0.1, 0.15) is 55.4 Å². The van der Waals surface area contributed by atoms with Crippen molar-refractivity contribution in [1.82, 2.24) is 5.32 Å². The van der Waals surface area contributed by atoms with Crippen LogP contribution in [0.3, 0.4) is 0 Å². The van der Waals surface area contributed by atoms with Crippen LogP contribution in [-0.4, -0.2) is 23.2 Å². The quantitative estimate of drug-likeness (QED) is 0.768. The number of amides is 1. The number of hydrogen-bond acceptors (Lipinski definition) is 2. The van der Waals surface area contributed by atoms with E-state index in [4.69, 9.17) is 0 Å². The Balaban J connectivity index is 5.40. The molecule has 0 aliphatic rings. The van der Waals surface area contributed by atoms with Gasteiger partial charge in [0.15, 0.2) is 0 Å². The fraction of sp³-hybridized carbons (Fsp3) is 0.933. The lowest BCUT2D eigenvalue weighted by Crippen LogP contribution is -2.57. The summed E-state index contributed by atoms with van der Waals surface area (Å²) >= 11 is 0. The van der Waals surface area contributed by atoms with Crippen LogP contribution in [0.4, 0.5) is 0 Å². The largest absolute Gasteiger partial charge is 0.394 e. The molecular formula is C15H31NO2. The van der Waals surface area contributed by atoms with Crippen molar-refractivity contribution >= 4 is 5.91 Å². The van der Waals surface area contributed by atoms with Gasteiger partial charge in [-0.1, -0.05) is 41.5 Å². The Morgan fingerprint density at radius 2 is 1.33 bits per heavy atom. The molecule has 3 nitrogen and oxygen atoms in total. The lowest BCUT2D eigenvalue weighted by molar-refractivity contribution is -0.143. The van der Waals surface area contributed by atoms with Gasteiger partial charge in [0.1, 0.15) is 0 Å². The zero-order valence-corrected chi connectivity index (χ0v) is 13.3. The third-order valence-corrected chi connectivity index (χ3v) is 4.11. The predicted octanol–water partition coefficient (Wildman–Crippen LogP) is 2.83. The SMILES string of the molecule is CC(C)C(C(=O)NC(C)(C)CO)(C(C)C)C(C)C. The summed E-state index contributed by atoms with van der Waals surface area (Å²) in [5, 5.41) is 12.3. The van der Waals surface area contributed by atoms with Gasteiger partial charge in [-0.2, -0.15) is 0 Å². The first-order valence-electron chi connectivity index (χ1n) is 6.95. The molecule has 0 saturated carbocycles. The molecule has 3 heteroatoms. The zero-order valence-electron chi connectivity index (χ0n) is 13.3. The van der Waals surface area contributed by atoms with Crippen LogP contribution in [0.15, 0.2) is 0 Å². The first-order valence-corrected chi connectivity index (χ1v) is 6.95. The van der Waals surface area contributed by atoms with Crippen molar-refractivity contribution in [2.24, 2.45) is 23.2 Å². The molecule has 18 heavy (non-hydrogen) atoms. The van der Waals surface area contributed by atoms with Gasteiger partial charge in [0.2, 0.25) is 5.91 Å². The van der Waals surface area contributed by atoms with Gasteiger partial charge in [-0.25, -0.2) is 0 Å². The van der Waals surface area contributed by atoms with E-state index in [9.17, 15) is 9.90 Å². The van der Waals surface area contributed by atoms with E-state index in [0.29, 0.717) is 0 Å². The van der Waals surface area contributed by atoms with Gasteiger partial charge >= 0.3 is 0 Å². The molecule has 0 aromatic rings. The van der Waals surface area contributed by atoms with E-state index in [1.54, 1.807) is 0 Å². The zero-order chi connectivity index (χ0) is 14.7. The van der Waals surface area contributed by atoms with Crippen LogP contribution in [-0.2, 0) is 4.79 Å². The molecule has 108 valence electrons. The summed E-state index contributed by atoms with van der Waals surface area (Å²) in [7, 11) is 0. The van der Waals surface area contributed by atoms with E-state index in [2.05, 4.69) is 46.9 Å². The summed E-state index contributed by atoms with van der Waals surface area (Å²) in [5.74, 6) is 0.826. The van der Waals surface area contributed by atoms with Gasteiger partial charge in [-0.05, 0) is 31.6 Å². The molecule has 0 aliphatic carbocycles. The number of hydrogen-bond donors (Lipinski definition) is 2. The molecule has 0 spiro atoms. The molecule has 0 aromatic carbocycles. The van der Waals surface area contributed by atoms with E-state index < -0.39 is 11.0 Å². The topological polar surface area (TPSA) is 49.3 Å². The normalized spacial score (nSPS) is 13.6. The standard InChI is InChI=1S/C15H31NO2/c1-10(2)15(11(3)4,12(5)6)13(18)16-14(7,8)9-17/h10-12,17H,9H2,1-8H3,(H,16,18). The van der Waals surface area contributed by atoms with Crippen LogP contribution in [0.2, 0.25) is 0 Å². The minimum atomic E-state index is -0.568. The predicted molar refractivity (Wildman–Crippen MR) is 76.3 cm³/mol. The summed E-state index contributed by atoms with van der Waals surface area (Å²) in [5.41, 5.74) is -0.965. The Morgan fingerprint density at radius 1 is 1.00 bits per heavy atom. The molecule has 0 fully saturated rings. The van der Waals surface area contributed by atoms with Crippen LogP contribution in [0.5, 0.6) is 0 Å². The Bertz CT molecular complexity index is 258. The second-order valence-electron chi connectivity index (χ2n) is 6.89. The minimum Gasteiger partial charge on any atom is -0.394 e. The number of carbonyl (C=O) groups is 1. The number of carbonyl (C=O) groups excluding carboxylic acids is 1. The number of rotatable bonds is 6. The molecule has 0 aliphatic heterocycles. The molecule has 0 bridgehead atoms. The fourth-order valence-corrected chi connectivity index (χ4v) is 3.24. The molecule has 0 saturated heterocycles. The van der Waals surface area contributed by atoms with Crippen molar-refractivity contribution in [3.63, 3.8) is 0 Å². The average molecular weight is 257 g/mol. The lowest BCUT2D eigenvalue weighted by atomic mass is 9.61. The van der Waals surface area contributed by atoms with Gasteiger partial charge in [0.05, 0.1) is 17.6 Å². The third-order valence-electron chi connectivity index (χ3n) is 4.11. The summed E-state index contributed by atoms with van der Waals surface area (Å²) in [4.78, 5) is 12.7. The van der Waals surface area contributed by atoms with Crippen molar-refractivity contribution in [2.45, 2.75) is 60.9 Å². The summed E-state index contributed by atoms with van der Waals surface area (Å²) < 4.78 is 0. The summed E-state index contributed by atoms with van der Waals surface area (Å²) in [6.07, 6.45) is 0. The molecule has 0 radical (unpaired) electrons. The van der Waals surface area contributed by atoms with E-state index in [1.807, 2.05) is 13.8 Å². The first kappa shape index (κ1) is 17.4. The van der Waals surface area contributed by atoms with Gasteiger partial charge < -0.3 is 10.4 Å². The van der Waals surface area contributed by atoms with Gasteiger partial charge in [-0.3, -0.25) is 4.79 Å². The van der Waals surface area contributed by atoms with Gasteiger partial charge in [0.25, 0.3) is 0 Å². The second-order valence-corrected chi connectivity index (χ2v) is 6.89. The fourth-order valence-electron chi connectivity index (χ4n) is 3.24. The maximum atomic E-state index is 12.7. The van der Waals surface area contributed by atoms with E-state index in [-0.39, 0.29) is 30.3 Å². The highest BCUT2D eigenvalue weighted by Crippen LogP contribution is 2.43. The minimum absolute atomic E-state index is 0.0525. The number of nitrogens with one attached hydrogen (secondary N) is 1. The Kier molecular flexibility index (Phi) is 5.86.